The van der Waals surface area contributed by atoms with Gasteiger partial charge in [0.1, 0.15) is 5.71 Å². The number of nitrogens with zero attached hydrogens (tertiary/aromatic N) is 5. The molecule has 0 aliphatic carbocycles. The van der Waals surface area contributed by atoms with Crippen LogP contribution in [-0.4, -0.2) is 28.2 Å². The number of fused-ring (bicyclic) bond motifs is 2. The Balaban J connectivity index is 1.98. The molecule has 0 aromatic carbocycles. The molecule has 0 amide bonds. The molecular formula is C15H18BF2N5. The van der Waals surface area contributed by atoms with Crippen LogP contribution in [0, 0.1) is 0 Å². The first-order valence-corrected chi connectivity index (χ1v) is 7.88. The minimum atomic E-state index is -3.89. The number of hydrogen-bond donors (Lipinski definition) is 0. The van der Waals surface area contributed by atoms with Crippen molar-refractivity contribution in [2.24, 2.45) is 5.11 Å². The van der Waals surface area contributed by atoms with Gasteiger partial charge in [0.15, 0.2) is 5.70 Å². The van der Waals surface area contributed by atoms with Gasteiger partial charge in [0.05, 0.1) is 0 Å². The highest BCUT2D eigenvalue weighted by Gasteiger charge is 2.52. The summed E-state index contributed by atoms with van der Waals surface area (Å²) in [4.78, 5) is 2.69. The van der Waals surface area contributed by atoms with E-state index in [1.165, 1.54) is 4.48 Å². The van der Waals surface area contributed by atoms with E-state index in [4.69, 9.17) is 5.53 Å². The Morgan fingerprint density at radius 1 is 1.30 bits per heavy atom. The molecule has 3 heterocycles. The van der Waals surface area contributed by atoms with Crippen molar-refractivity contribution in [2.45, 2.75) is 32.6 Å². The van der Waals surface area contributed by atoms with Gasteiger partial charge in [0.2, 0.25) is 0 Å². The van der Waals surface area contributed by atoms with E-state index in [2.05, 4.69) is 10.0 Å². The number of allylic oxidation sites excluding steroid dienone is 2. The van der Waals surface area contributed by atoms with Gasteiger partial charge >= 0.3 is 6.97 Å². The maximum absolute atomic E-state index is 15.2. The van der Waals surface area contributed by atoms with Crippen LogP contribution in [0.25, 0.3) is 16.5 Å². The van der Waals surface area contributed by atoms with Gasteiger partial charge in [-0.3, -0.25) is 0 Å². The van der Waals surface area contributed by atoms with Crippen LogP contribution in [0.5, 0.6) is 0 Å². The summed E-state index contributed by atoms with van der Waals surface area (Å²) in [5.74, 6) is 0. The number of hydrogen-bond acceptors (Lipinski definition) is 1. The third-order valence-electron chi connectivity index (χ3n) is 4.25. The van der Waals surface area contributed by atoms with Crippen LogP contribution >= 0.6 is 0 Å². The van der Waals surface area contributed by atoms with Crippen molar-refractivity contribution in [3.8, 4) is 0 Å². The summed E-state index contributed by atoms with van der Waals surface area (Å²) in [6.45, 7) is -1.59. The fourth-order valence-electron chi connectivity index (χ4n) is 3.32. The monoisotopic (exact) mass is 317 g/mol. The SMILES string of the molecule is CCCc1ccc2n1[B-](F)(F)[N+]1=C(CCCN=[N+]=[N-])C=CC1=C2. The standard InChI is InChI=1S/C15H18BF2N5/c1-2-4-12-6-8-14-11-15-9-7-13(5-3-10-20-21-19)23(15)16(17,18)22(12)14/h6-9,11H,2-5,10H2,1H3. The highest BCUT2D eigenvalue weighted by Crippen LogP contribution is 2.33. The lowest BCUT2D eigenvalue weighted by molar-refractivity contribution is -0.362. The highest BCUT2D eigenvalue weighted by molar-refractivity contribution is 6.58. The lowest BCUT2D eigenvalue weighted by atomic mass is 9.90. The molecule has 0 radical (unpaired) electrons. The van der Waals surface area contributed by atoms with Crippen molar-refractivity contribution in [3.05, 3.63) is 51.8 Å². The summed E-state index contributed by atoms with van der Waals surface area (Å²) in [5, 5.41) is 3.46. The van der Waals surface area contributed by atoms with Crippen molar-refractivity contribution < 1.29 is 13.1 Å². The third kappa shape index (κ3) is 2.59. The first kappa shape index (κ1) is 15.6. The number of aryl methyl sites for hydroxylation is 1. The molecule has 0 saturated heterocycles. The number of aromatic nitrogens is 1. The Morgan fingerprint density at radius 2 is 2.13 bits per heavy atom. The summed E-state index contributed by atoms with van der Waals surface area (Å²) in [6, 6.07) is 3.55. The smallest absolute Gasteiger partial charge is 0.394 e. The van der Waals surface area contributed by atoms with Crippen LogP contribution in [0.1, 0.15) is 37.6 Å². The second-order valence-electron chi connectivity index (χ2n) is 5.78. The molecule has 0 unspecified atom stereocenters. The molecular weight excluding hydrogens is 299 g/mol. The van der Waals surface area contributed by atoms with Crippen LogP contribution in [0.4, 0.5) is 8.63 Å². The average molecular weight is 317 g/mol. The Kier molecular flexibility index (Phi) is 4.09. The maximum atomic E-state index is 15.2. The zero-order valence-electron chi connectivity index (χ0n) is 13.0. The van der Waals surface area contributed by atoms with Crippen molar-refractivity contribution in [1.82, 2.24) is 4.48 Å². The van der Waals surface area contributed by atoms with Crippen LogP contribution in [0.15, 0.2) is 35.1 Å². The van der Waals surface area contributed by atoms with Crippen LogP contribution < -0.4 is 0 Å². The predicted octanol–water partition coefficient (Wildman–Crippen LogP) is 4.13. The van der Waals surface area contributed by atoms with E-state index in [1.54, 1.807) is 30.4 Å². The highest BCUT2D eigenvalue weighted by atomic mass is 19.2. The van der Waals surface area contributed by atoms with E-state index in [0.29, 0.717) is 48.6 Å². The molecule has 3 rings (SSSR count). The molecule has 120 valence electrons. The zero-order chi connectivity index (χ0) is 16.4. The molecule has 1 aromatic rings. The van der Waals surface area contributed by atoms with Gasteiger partial charge < -0.3 is 17.6 Å². The van der Waals surface area contributed by atoms with E-state index >= 15 is 8.63 Å². The fraction of sp³-hybridized carbons (Fsp3) is 0.400. The first-order valence-electron chi connectivity index (χ1n) is 7.88. The molecule has 23 heavy (non-hydrogen) atoms. The summed E-state index contributed by atoms with van der Waals surface area (Å²) < 4.78 is 32.7. The van der Waals surface area contributed by atoms with Gasteiger partial charge in [0, 0.05) is 41.8 Å². The average Bonchev–Trinajstić information content (AvgIpc) is 3.10. The van der Waals surface area contributed by atoms with E-state index < -0.39 is 6.97 Å². The minimum Gasteiger partial charge on any atom is -0.394 e. The van der Waals surface area contributed by atoms with Crippen molar-refractivity contribution in [2.75, 3.05) is 6.54 Å². The number of azide groups is 1. The summed E-state index contributed by atoms with van der Waals surface area (Å²) in [6.07, 6.45) is 7.75. The molecule has 0 saturated carbocycles. The van der Waals surface area contributed by atoms with E-state index in [9.17, 15) is 0 Å². The molecule has 2 aliphatic heterocycles. The first-order chi connectivity index (χ1) is 11.1. The molecule has 0 atom stereocenters. The van der Waals surface area contributed by atoms with Gasteiger partial charge in [-0.2, -0.15) is 0 Å². The van der Waals surface area contributed by atoms with Gasteiger partial charge in [-0.1, -0.05) is 18.5 Å². The zero-order valence-corrected chi connectivity index (χ0v) is 13.0. The lowest BCUT2D eigenvalue weighted by Gasteiger charge is -2.30. The summed E-state index contributed by atoms with van der Waals surface area (Å²) >= 11 is 0. The quantitative estimate of drug-likeness (QED) is 0.249. The topological polar surface area (TPSA) is 56.7 Å². The molecule has 0 spiro atoms. The van der Waals surface area contributed by atoms with Crippen LogP contribution in [-0.2, 0) is 6.42 Å². The third-order valence-corrected chi connectivity index (χ3v) is 4.25. The Labute approximate surface area is 133 Å². The maximum Gasteiger partial charge on any atom is 0.737 e. The van der Waals surface area contributed by atoms with Gasteiger partial charge in [-0.15, -0.1) is 0 Å². The van der Waals surface area contributed by atoms with Crippen LogP contribution in [0.2, 0.25) is 0 Å². The van der Waals surface area contributed by atoms with Crippen molar-refractivity contribution in [3.63, 3.8) is 0 Å². The Bertz CT molecular complexity index is 769. The molecule has 0 N–H and O–H groups in total. The molecule has 2 aliphatic rings. The lowest BCUT2D eigenvalue weighted by Crippen LogP contribution is -2.50. The van der Waals surface area contributed by atoms with E-state index in [-0.39, 0.29) is 0 Å². The number of halogens is 2. The van der Waals surface area contributed by atoms with Crippen LogP contribution in [0.3, 0.4) is 0 Å². The molecule has 8 heteroatoms. The second kappa shape index (κ2) is 6.04. The van der Waals surface area contributed by atoms with E-state index in [0.717, 1.165) is 10.9 Å². The Hall–Kier alpha value is -2.34. The molecule has 5 nitrogen and oxygen atoms in total. The van der Waals surface area contributed by atoms with E-state index in [1.807, 2.05) is 6.92 Å². The largest absolute Gasteiger partial charge is 0.737 e. The molecule has 0 bridgehead atoms. The predicted molar refractivity (Wildman–Crippen MR) is 87.4 cm³/mol. The molecule has 1 aromatic heterocycles. The summed E-state index contributed by atoms with van der Waals surface area (Å²) in [7, 11) is 0. The molecule has 0 fully saturated rings. The van der Waals surface area contributed by atoms with Crippen molar-refractivity contribution >= 4 is 18.8 Å². The number of rotatable bonds is 6. The Morgan fingerprint density at radius 3 is 2.87 bits per heavy atom. The van der Waals surface area contributed by atoms with Gasteiger partial charge in [-0.05, 0) is 36.2 Å². The van der Waals surface area contributed by atoms with Gasteiger partial charge in [-0.25, -0.2) is 0 Å². The second-order valence-corrected chi connectivity index (χ2v) is 5.78. The van der Waals surface area contributed by atoms with Gasteiger partial charge in [0.25, 0.3) is 0 Å². The van der Waals surface area contributed by atoms with Crippen molar-refractivity contribution in [1.29, 1.82) is 0 Å². The fourth-order valence-corrected chi connectivity index (χ4v) is 3.32. The summed E-state index contributed by atoms with van der Waals surface area (Å²) in [5.41, 5.74) is 10.6. The normalized spacial score (nSPS) is 17.6. The minimum absolute atomic E-state index is 0.315.